The molecule has 0 saturated carbocycles. The van der Waals surface area contributed by atoms with Crippen LogP contribution in [-0.4, -0.2) is 50.5 Å². The van der Waals surface area contributed by atoms with Gasteiger partial charge in [0.15, 0.2) is 23.9 Å². The third-order valence-electron chi connectivity index (χ3n) is 4.37. The minimum atomic E-state index is -0.200. The number of hydrogen-bond donors (Lipinski definition) is 0. The molecule has 0 fully saturated rings. The first kappa shape index (κ1) is 22.2. The molecule has 1 aliphatic rings. The second-order valence-electron chi connectivity index (χ2n) is 6.77. The number of carbonyl (C=O) groups is 2. The molecule has 1 aliphatic heterocycles. The fourth-order valence-electron chi connectivity index (χ4n) is 2.85. The van der Waals surface area contributed by atoms with Crippen LogP contribution in [0.3, 0.4) is 0 Å². The van der Waals surface area contributed by atoms with Crippen LogP contribution >= 0.6 is 27.5 Å². The number of halogens is 2. The minimum Gasteiger partial charge on any atom is -0.490 e. The molecule has 2 aromatic carbocycles. The van der Waals surface area contributed by atoms with Crippen molar-refractivity contribution in [1.29, 1.82) is 0 Å². The smallest absolute Gasteiger partial charge is 0.259 e. The van der Waals surface area contributed by atoms with Crippen LogP contribution in [0.15, 0.2) is 40.4 Å². The lowest BCUT2D eigenvalue weighted by molar-refractivity contribution is -0.130. The molecule has 0 saturated heterocycles. The number of hydrogen-bond acceptors (Lipinski definition) is 5. The SMILES string of the molecule is CCOc1cc(/C=C2/COc3ccc(Br)cc3C2=O)cc(Cl)c1OCC(=O)N(C)C. The lowest BCUT2D eigenvalue weighted by atomic mass is 9.98. The topological polar surface area (TPSA) is 65.1 Å². The van der Waals surface area contributed by atoms with Crippen LogP contribution in [0.4, 0.5) is 0 Å². The van der Waals surface area contributed by atoms with Crippen molar-refractivity contribution in [3.05, 3.63) is 56.5 Å². The maximum Gasteiger partial charge on any atom is 0.259 e. The van der Waals surface area contributed by atoms with Crippen molar-refractivity contribution in [2.45, 2.75) is 6.92 Å². The monoisotopic (exact) mass is 493 g/mol. The van der Waals surface area contributed by atoms with Gasteiger partial charge in [0.1, 0.15) is 12.4 Å². The van der Waals surface area contributed by atoms with Crippen LogP contribution in [0.2, 0.25) is 5.02 Å². The molecule has 0 atom stereocenters. The minimum absolute atomic E-state index is 0.108. The van der Waals surface area contributed by atoms with Crippen molar-refractivity contribution < 1.29 is 23.8 Å². The van der Waals surface area contributed by atoms with E-state index in [9.17, 15) is 9.59 Å². The van der Waals surface area contributed by atoms with Crippen LogP contribution in [0.5, 0.6) is 17.2 Å². The summed E-state index contributed by atoms with van der Waals surface area (Å²) < 4.78 is 17.8. The lowest BCUT2D eigenvalue weighted by Gasteiger charge is -2.19. The van der Waals surface area contributed by atoms with Crippen LogP contribution < -0.4 is 14.2 Å². The van der Waals surface area contributed by atoms with Gasteiger partial charge in [-0.05, 0) is 48.9 Å². The molecule has 0 bridgehead atoms. The molecule has 2 aromatic rings. The molecule has 8 heteroatoms. The van der Waals surface area contributed by atoms with E-state index in [-0.39, 0.29) is 35.7 Å². The van der Waals surface area contributed by atoms with Gasteiger partial charge in [0.2, 0.25) is 0 Å². The predicted octanol–water partition coefficient (Wildman–Crippen LogP) is 4.63. The number of ketones is 1. The molecule has 0 aliphatic carbocycles. The number of carbonyl (C=O) groups excluding carboxylic acids is 2. The van der Waals surface area contributed by atoms with Crippen LogP contribution in [0, 0.1) is 0 Å². The predicted molar refractivity (Wildman–Crippen MR) is 119 cm³/mol. The van der Waals surface area contributed by atoms with Gasteiger partial charge in [-0.1, -0.05) is 27.5 Å². The summed E-state index contributed by atoms with van der Waals surface area (Å²) >= 11 is 9.79. The highest BCUT2D eigenvalue weighted by molar-refractivity contribution is 9.10. The van der Waals surface area contributed by atoms with E-state index in [1.165, 1.54) is 4.90 Å². The van der Waals surface area contributed by atoms with E-state index in [4.69, 9.17) is 25.8 Å². The van der Waals surface area contributed by atoms with Crippen molar-refractivity contribution in [2.24, 2.45) is 0 Å². The maximum atomic E-state index is 12.9. The average Bonchev–Trinajstić information content (AvgIpc) is 2.70. The van der Waals surface area contributed by atoms with Crippen molar-refractivity contribution >= 4 is 45.3 Å². The largest absolute Gasteiger partial charge is 0.490 e. The van der Waals surface area contributed by atoms with Gasteiger partial charge in [-0.3, -0.25) is 9.59 Å². The Hall–Kier alpha value is -2.51. The molecule has 6 nitrogen and oxygen atoms in total. The van der Waals surface area contributed by atoms with Gasteiger partial charge in [0.05, 0.1) is 17.2 Å². The molecule has 0 N–H and O–H groups in total. The van der Waals surface area contributed by atoms with E-state index in [1.54, 1.807) is 44.4 Å². The van der Waals surface area contributed by atoms with Crippen LogP contribution in [0.25, 0.3) is 6.08 Å². The molecular formula is C22H21BrClNO5. The normalized spacial score (nSPS) is 14.2. The van der Waals surface area contributed by atoms with Crippen molar-refractivity contribution in [1.82, 2.24) is 4.90 Å². The number of amides is 1. The standard InChI is InChI=1S/C22H21BrClNO5/c1-4-28-19-9-13(8-17(24)22(19)30-12-20(26)25(2)3)7-14-11-29-18-6-5-15(23)10-16(18)21(14)27/h5-10H,4,11-12H2,1-3H3/b14-7-. The van der Waals surface area contributed by atoms with E-state index in [1.807, 2.05) is 13.0 Å². The molecule has 30 heavy (non-hydrogen) atoms. The Morgan fingerprint density at radius 3 is 2.73 bits per heavy atom. The highest BCUT2D eigenvalue weighted by atomic mass is 79.9. The molecule has 0 unspecified atom stereocenters. The molecule has 1 heterocycles. The average molecular weight is 495 g/mol. The van der Waals surface area contributed by atoms with Gasteiger partial charge < -0.3 is 19.1 Å². The summed E-state index contributed by atoms with van der Waals surface area (Å²) in [5, 5.41) is 0.284. The van der Waals surface area contributed by atoms with Crippen molar-refractivity contribution in [3.8, 4) is 17.2 Å². The number of rotatable bonds is 6. The van der Waals surface area contributed by atoms with E-state index < -0.39 is 0 Å². The number of ether oxygens (including phenoxy) is 3. The van der Waals surface area contributed by atoms with E-state index in [2.05, 4.69) is 15.9 Å². The zero-order valence-corrected chi connectivity index (χ0v) is 19.2. The van der Waals surface area contributed by atoms with Gasteiger partial charge in [0.25, 0.3) is 5.91 Å². The molecule has 158 valence electrons. The van der Waals surface area contributed by atoms with E-state index in [0.717, 1.165) is 4.47 Å². The number of nitrogens with zero attached hydrogens (tertiary/aromatic N) is 1. The molecule has 0 aromatic heterocycles. The quantitative estimate of drug-likeness (QED) is 0.548. The zero-order valence-electron chi connectivity index (χ0n) is 16.8. The second-order valence-corrected chi connectivity index (χ2v) is 8.09. The third kappa shape index (κ3) is 4.96. The molecular weight excluding hydrogens is 474 g/mol. The summed E-state index contributed by atoms with van der Waals surface area (Å²) in [7, 11) is 3.29. The molecule has 1 amide bonds. The van der Waals surface area contributed by atoms with E-state index >= 15 is 0 Å². The highest BCUT2D eigenvalue weighted by Crippen LogP contribution is 2.38. The van der Waals surface area contributed by atoms with Crippen LogP contribution in [0.1, 0.15) is 22.8 Å². The molecule has 0 radical (unpaired) electrons. The molecule has 3 rings (SSSR count). The van der Waals surface area contributed by atoms with Gasteiger partial charge in [-0.25, -0.2) is 0 Å². The van der Waals surface area contributed by atoms with Crippen LogP contribution in [-0.2, 0) is 4.79 Å². The Morgan fingerprint density at radius 1 is 1.27 bits per heavy atom. The Kier molecular flexibility index (Phi) is 7.05. The zero-order chi connectivity index (χ0) is 21.8. The summed E-state index contributed by atoms with van der Waals surface area (Å²) in [6, 6.07) is 8.72. The number of likely N-dealkylation sites (N-methyl/N-ethyl adjacent to an activating group) is 1. The van der Waals surface area contributed by atoms with E-state index in [0.29, 0.717) is 34.8 Å². The molecule has 0 spiro atoms. The Bertz CT molecular complexity index is 1020. The summed E-state index contributed by atoms with van der Waals surface area (Å²) in [5.74, 6) is 0.938. The lowest BCUT2D eigenvalue weighted by Crippen LogP contribution is -2.27. The van der Waals surface area contributed by atoms with Gasteiger partial charge in [-0.15, -0.1) is 0 Å². The highest BCUT2D eigenvalue weighted by Gasteiger charge is 2.24. The summed E-state index contributed by atoms with van der Waals surface area (Å²) in [6.45, 7) is 2.22. The fraction of sp³-hybridized carbons (Fsp3) is 0.273. The van der Waals surface area contributed by atoms with Gasteiger partial charge in [-0.2, -0.15) is 0 Å². The Labute approximate surface area is 188 Å². The first-order valence-electron chi connectivity index (χ1n) is 9.27. The van der Waals surface area contributed by atoms with Crippen molar-refractivity contribution in [3.63, 3.8) is 0 Å². The fourth-order valence-corrected chi connectivity index (χ4v) is 3.48. The summed E-state index contributed by atoms with van der Waals surface area (Å²) in [6.07, 6.45) is 1.72. The first-order chi connectivity index (χ1) is 14.3. The number of fused-ring (bicyclic) bond motifs is 1. The Morgan fingerprint density at radius 2 is 2.03 bits per heavy atom. The summed E-state index contributed by atoms with van der Waals surface area (Å²) in [5.41, 5.74) is 1.66. The van der Waals surface area contributed by atoms with Crippen molar-refractivity contribution in [2.75, 3.05) is 33.9 Å². The third-order valence-corrected chi connectivity index (χ3v) is 5.15. The summed E-state index contributed by atoms with van der Waals surface area (Å²) in [4.78, 5) is 26.1. The van der Waals surface area contributed by atoms with Gasteiger partial charge in [0, 0.05) is 24.1 Å². The Balaban J connectivity index is 1.91. The number of Topliss-reactive ketones (excluding diaryl/α,β-unsaturated/α-hetero) is 1. The maximum absolute atomic E-state index is 12.9. The number of benzene rings is 2. The second kappa shape index (κ2) is 9.53. The first-order valence-corrected chi connectivity index (χ1v) is 10.4. The van der Waals surface area contributed by atoms with Gasteiger partial charge >= 0.3 is 0 Å².